The number of carbonyl (C=O) groups excluding carboxylic acids is 1. The van der Waals surface area contributed by atoms with Crippen LogP contribution < -0.4 is 10.1 Å². The van der Waals surface area contributed by atoms with Crippen LogP contribution in [0.25, 0.3) is 16.9 Å². The second kappa shape index (κ2) is 7.67. The molecule has 1 N–H and O–H groups in total. The summed E-state index contributed by atoms with van der Waals surface area (Å²) in [5.74, 6) is -0.104. The van der Waals surface area contributed by atoms with Crippen LogP contribution in [0.4, 0.5) is 19.0 Å². The Kier molecular flexibility index (Phi) is 5.01. The van der Waals surface area contributed by atoms with E-state index in [-0.39, 0.29) is 22.5 Å². The molecule has 11 heteroatoms. The van der Waals surface area contributed by atoms with Crippen LogP contribution in [-0.2, 0) is 0 Å². The summed E-state index contributed by atoms with van der Waals surface area (Å²) >= 11 is 0. The van der Waals surface area contributed by atoms with Gasteiger partial charge in [-0.05, 0) is 32.0 Å². The van der Waals surface area contributed by atoms with Crippen molar-refractivity contribution in [3.8, 4) is 17.0 Å². The van der Waals surface area contributed by atoms with Crippen LogP contribution in [0.15, 0.2) is 48.8 Å². The summed E-state index contributed by atoms with van der Waals surface area (Å²) < 4.78 is 43.7. The van der Waals surface area contributed by atoms with E-state index in [1.807, 2.05) is 0 Å². The molecule has 4 rings (SSSR count). The lowest BCUT2D eigenvalue weighted by atomic mass is 10.1. The zero-order valence-corrected chi connectivity index (χ0v) is 16.3. The third-order valence-electron chi connectivity index (χ3n) is 4.21. The Labute approximate surface area is 173 Å². The van der Waals surface area contributed by atoms with Crippen LogP contribution in [-0.4, -0.2) is 36.8 Å². The summed E-state index contributed by atoms with van der Waals surface area (Å²) in [4.78, 5) is 25.4. The third kappa shape index (κ3) is 4.44. The van der Waals surface area contributed by atoms with Crippen molar-refractivity contribution in [2.45, 2.75) is 20.2 Å². The van der Waals surface area contributed by atoms with Crippen molar-refractivity contribution in [3.63, 3.8) is 0 Å². The molecule has 0 aliphatic rings. The number of carbonyl (C=O) groups is 1. The molecule has 0 saturated carbocycles. The number of nitrogens with zero attached hydrogens (tertiary/aromatic N) is 5. The lowest BCUT2D eigenvalue weighted by Crippen LogP contribution is -2.17. The maximum absolute atomic E-state index is 12.8. The molecule has 1 amide bonds. The number of hydrogen-bond donors (Lipinski definition) is 1. The normalized spacial score (nSPS) is 11.5. The van der Waals surface area contributed by atoms with Gasteiger partial charge < -0.3 is 10.1 Å². The molecule has 8 nitrogen and oxygen atoms in total. The van der Waals surface area contributed by atoms with Crippen molar-refractivity contribution in [1.29, 1.82) is 0 Å². The number of alkyl halides is 3. The van der Waals surface area contributed by atoms with Crippen LogP contribution in [0.2, 0.25) is 0 Å². The summed E-state index contributed by atoms with van der Waals surface area (Å²) in [6.07, 6.45) is -2.03. The van der Waals surface area contributed by atoms with E-state index in [1.54, 1.807) is 26.0 Å². The first kappa shape index (κ1) is 20.3. The fraction of sp³-hybridized carbons (Fsp3) is 0.150. The molecule has 0 fully saturated rings. The van der Waals surface area contributed by atoms with Gasteiger partial charge in [-0.25, -0.2) is 19.5 Å². The number of aryl methyl sites for hydroxylation is 2. The molecule has 158 valence electrons. The first-order valence-corrected chi connectivity index (χ1v) is 9.03. The average molecular weight is 428 g/mol. The molecule has 31 heavy (non-hydrogen) atoms. The van der Waals surface area contributed by atoms with Crippen LogP contribution in [0.3, 0.4) is 0 Å². The highest BCUT2D eigenvalue weighted by atomic mass is 19.4. The number of anilines is 1. The van der Waals surface area contributed by atoms with Gasteiger partial charge in [-0.1, -0.05) is 12.1 Å². The third-order valence-corrected chi connectivity index (χ3v) is 4.21. The number of aromatic nitrogens is 5. The highest BCUT2D eigenvalue weighted by molar-refractivity contribution is 6.07. The predicted octanol–water partition coefficient (Wildman–Crippen LogP) is 3.95. The van der Waals surface area contributed by atoms with Crippen molar-refractivity contribution < 1.29 is 22.7 Å². The van der Waals surface area contributed by atoms with Gasteiger partial charge in [0.2, 0.25) is 0 Å². The fourth-order valence-corrected chi connectivity index (χ4v) is 3.04. The Balaban J connectivity index is 1.71. The smallest absolute Gasteiger partial charge is 0.405 e. The van der Waals surface area contributed by atoms with E-state index in [0.29, 0.717) is 17.3 Å². The van der Waals surface area contributed by atoms with Crippen molar-refractivity contribution >= 4 is 17.4 Å². The number of halogens is 3. The van der Waals surface area contributed by atoms with Gasteiger partial charge in [0, 0.05) is 23.5 Å². The topological polar surface area (TPSA) is 94.3 Å². The summed E-state index contributed by atoms with van der Waals surface area (Å²) in [6, 6.07) is 8.72. The van der Waals surface area contributed by atoms with E-state index in [2.05, 4.69) is 30.1 Å². The van der Waals surface area contributed by atoms with Gasteiger partial charge in [0.1, 0.15) is 23.0 Å². The minimum atomic E-state index is -4.85. The minimum Gasteiger partial charge on any atom is -0.405 e. The second-order valence-electron chi connectivity index (χ2n) is 6.58. The number of fused-ring (bicyclic) bond motifs is 1. The lowest BCUT2D eigenvalue weighted by Gasteiger charge is -2.13. The molecular formula is C20H15F3N6O2. The van der Waals surface area contributed by atoms with Crippen LogP contribution in [0.1, 0.15) is 21.9 Å². The fourth-order valence-electron chi connectivity index (χ4n) is 3.04. The minimum absolute atomic E-state index is 0.122. The summed E-state index contributed by atoms with van der Waals surface area (Å²) in [5.41, 5.74) is 1.29. The first-order valence-electron chi connectivity index (χ1n) is 9.03. The second-order valence-corrected chi connectivity index (χ2v) is 6.58. The standard InChI is InChI=1S/C20H15F3N6O2/c1-11-9-17(26-12(2)25-11)28-19(30)14-10-24-29-8-7-15(27-18(14)29)13-5-3-4-6-16(13)31-20(21,22)23/h3-10H,1-2H3,(H,25,26,28,30). The van der Waals surface area contributed by atoms with Gasteiger partial charge in [0.05, 0.1) is 11.9 Å². The molecular weight excluding hydrogens is 413 g/mol. The van der Waals surface area contributed by atoms with E-state index in [9.17, 15) is 18.0 Å². The maximum atomic E-state index is 12.8. The molecule has 0 spiro atoms. The van der Waals surface area contributed by atoms with Gasteiger partial charge >= 0.3 is 6.36 Å². The van der Waals surface area contributed by atoms with Gasteiger partial charge in [-0.2, -0.15) is 5.10 Å². The number of para-hydroxylation sites is 1. The van der Waals surface area contributed by atoms with Gasteiger partial charge in [-0.15, -0.1) is 13.2 Å². The van der Waals surface area contributed by atoms with Gasteiger partial charge in [0.15, 0.2) is 5.65 Å². The van der Waals surface area contributed by atoms with E-state index in [1.165, 1.54) is 41.2 Å². The lowest BCUT2D eigenvalue weighted by molar-refractivity contribution is -0.274. The molecule has 0 atom stereocenters. The SMILES string of the molecule is Cc1cc(NC(=O)c2cnn3ccc(-c4ccccc4OC(F)(F)F)nc23)nc(C)n1. The Bertz CT molecular complexity index is 1270. The Morgan fingerprint density at radius 3 is 2.61 bits per heavy atom. The largest absolute Gasteiger partial charge is 0.573 e. The highest BCUT2D eigenvalue weighted by Gasteiger charge is 2.32. The van der Waals surface area contributed by atoms with Crippen LogP contribution in [0, 0.1) is 13.8 Å². The molecule has 0 radical (unpaired) electrons. The number of amides is 1. The number of rotatable bonds is 4. The Morgan fingerprint density at radius 2 is 1.87 bits per heavy atom. The van der Waals surface area contributed by atoms with Gasteiger partial charge in [-0.3, -0.25) is 4.79 Å². The zero-order valence-electron chi connectivity index (χ0n) is 16.3. The number of hydrogen-bond acceptors (Lipinski definition) is 6. The van der Waals surface area contributed by atoms with Crippen LogP contribution >= 0.6 is 0 Å². The Morgan fingerprint density at radius 1 is 1.10 bits per heavy atom. The quantitative estimate of drug-likeness (QED) is 0.529. The van der Waals surface area contributed by atoms with Crippen LogP contribution in [0.5, 0.6) is 5.75 Å². The zero-order chi connectivity index (χ0) is 22.2. The summed E-state index contributed by atoms with van der Waals surface area (Å²) in [6.45, 7) is 3.47. The van der Waals surface area contributed by atoms with Crippen molar-refractivity contribution in [3.05, 3.63) is 65.9 Å². The molecule has 0 unspecified atom stereocenters. The predicted molar refractivity (Wildman–Crippen MR) is 105 cm³/mol. The van der Waals surface area contributed by atoms with E-state index in [4.69, 9.17) is 0 Å². The summed E-state index contributed by atoms with van der Waals surface area (Å²) in [7, 11) is 0. The number of ether oxygens (including phenoxy) is 1. The first-order chi connectivity index (χ1) is 14.7. The molecule has 0 aliphatic carbocycles. The van der Waals surface area contributed by atoms with Crippen molar-refractivity contribution in [1.82, 2.24) is 24.6 Å². The molecule has 4 aromatic rings. The van der Waals surface area contributed by atoms with E-state index >= 15 is 0 Å². The molecule has 1 aromatic carbocycles. The van der Waals surface area contributed by atoms with E-state index < -0.39 is 18.0 Å². The molecule has 3 aromatic heterocycles. The number of benzene rings is 1. The Hall–Kier alpha value is -4.02. The van der Waals surface area contributed by atoms with Gasteiger partial charge in [0.25, 0.3) is 5.91 Å². The maximum Gasteiger partial charge on any atom is 0.573 e. The highest BCUT2D eigenvalue weighted by Crippen LogP contribution is 2.33. The van der Waals surface area contributed by atoms with Crippen molar-refractivity contribution in [2.75, 3.05) is 5.32 Å². The monoisotopic (exact) mass is 428 g/mol. The summed E-state index contributed by atoms with van der Waals surface area (Å²) in [5, 5.41) is 6.75. The number of nitrogens with one attached hydrogen (secondary N) is 1. The molecule has 0 aliphatic heterocycles. The van der Waals surface area contributed by atoms with E-state index in [0.717, 1.165) is 0 Å². The molecule has 3 heterocycles. The molecule has 0 saturated heterocycles. The molecule has 0 bridgehead atoms. The van der Waals surface area contributed by atoms with Crippen molar-refractivity contribution in [2.24, 2.45) is 0 Å². The average Bonchev–Trinajstić information content (AvgIpc) is 3.09.